The molecule has 1 rings (SSSR count). The van der Waals surface area contributed by atoms with Crippen molar-refractivity contribution < 1.29 is 22.7 Å². The number of hydrogen-bond acceptors (Lipinski definition) is 2. The second-order valence-corrected chi connectivity index (χ2v) is 3.11. The van der Waals surface area contributed by atoms with Gasteiger partial charge in [-0.2, -0.15) is 13.2 Å². The number of benzene rings is 1. The SMILES string of the molecule is COCNC(=O)Nc1ccccc1C(F)(F)F. The van der Waals surface area contributed by atoms with Crippen LogP contribution < -0.4 is 10.6 Å². The van der Waals surface area contributed by atoms with Gasteiger partial charge in [-0.25, -0.2) is 4.79 Å². The third-order valence-electron chi connectivity index (χ3n) is 1.86. The number of rotatable bonds is 3. The summed E-state index contributed by atoms with van der Waals surface area (Å²) < 4.78 is 42.2. The molecule has 0 saturated heterocycles. The summed E-state index contributed by atoms with van der Waals surface area (Å²) in [5, 5.41) is 4.32. The minimum Gasteiger partial charge on any atom is -0.364 e. The van der Waals surface area contributed by atoms with Gasteiger partial charge in [0.1, 0.15) is 6.73 Å². The van der Waals surface area contributed by atoms with Gasteiger partial charge in [-0.05, 0) is 12.1 Å². The van der Waals surface area contributed by atoms with Crippen LogP contribution in [0.3, 0.4) is 0 Å². The Hall–Kier alpha value is -1.76. The Morgan fingerprint density at radius 3 is 2.59 bits per heavy atom. The number of para-hydroxylation sites is 1. The monoisotopic (exact) mass is 248 g/mol. The van der Waals surface area contributed by atoms with E-state index in [4.69, 9.17) is 0 Å². The molecule has 0 saturated carbocycles. The number of carbonyl (C=O) groups excluding carboxylic acids is 1. The fraction of sp³-hybridized carbons (Fsp3) is 0.300. The standard InChI is InChI=1S/C10H11F3N2O2/c1-17-6-14-9(16)15-8-5-3-2-4-7(8)10(11,12)13/h2-5H,6H2,1H3,(H2,14,15,16). The molecule has 1 aromatic carbocycles. The van der Waals surface area contributed by atoms with E-state index in [-0.39, 0.29) is 12.4 Å². The van der Waals surface area contributed by atoms with Gasteiger partial charge in [0.05, 0.1) is 11.3 Å². The van der Waals surface area contributed by atoms with Gasteiger partial charge in [0.2, 0.25) is 0 Å². The van der Waals surface area contributed by atoms with Crippen LogP contribution in [0.2, 0.25) is 0 Å². The van der Waals surface area contributed by atoms with Crippen LogP contribution in [0, 0.1) is 0 Å². The van der Waals surface area contributed by atoms with Crippen LogP contribution in [0.1, 0.15) is 5.56 Å². The zero-order valence-corrected chi connectivity index (χ0v) is 8.97. The first-order chi connectivity index (χ1) is 7.95. The highest BCUT2D eigenvalue weighted by molar-refractivity contribution is 5.90. The summed E-state index contributed by atoms with van der Waals surface area (Å²) in [6, 6.07) is 3.96. The fourth-order valence-corrected chi connectivity index (χ4v) is 1.14. The molecule has 0 fully saturated rings. The lowest BCUT2D eigenvalue weighted by Crippen LogP contribution is -2.31. The summed E-state index contributed by atoms with van der Waals surface area (Å²) in [6.45, 7) is -0.0833. The number of carbonyl (C=O) groups is 1. The molecule has 0 radical (unpaired) electrons. The Kier molecular flexibility index (Phi) is 4.33. The molecule has 94 valence electrons. The molecule has 2 amide bonds. The summed E-state index contributed by atoms with van der Waals surface area (Å²) in [5.74, 6) is 0. The summed E-state index contributed by atoms with van der Waals surface area (Å²) in [6.07, 6.45) is -4.51. The van der Waals surface area contributed by atoms with Gasteiger partial charge in [-0.15, -0.1) is 0 Å². The highest BCUT2D eigenvalue weighted by atomic mass is 19.4. The molecule has 0 bridgehead atoms. The fourth-order valence-electron chi connectivity index (χ4n) is 1.14. The van der Waals surface area contributed by atoms with Crippen molar-refractivity contribution in [2.75, 3.05) is 19.2 Å². The van der Waals surface area contributed by atoms with Crippen LogP contribution in [0.4, 0.5) is 23.7 Å². The summed E-state index contributed by atoms with van der Waals surface area (Å²) in [7, 11) is 1.35. The minimum atomic E-state index is -4.51. The smallest absolute Gasteiger partial charge is 0.364 e. The van der Waals surface area contributed by atoms with Gasteiger partial charge in [0.25, 0.3) is 0 Å². The third kappa shape index (κ3) is 3.95. The van der Waals surface area contributed by atoms with E-state index in [1.165, 1.54) is 25.3 Å². The molecule has 0 aromatic heterocycles. The maximum Gasteiger partial charge on any atom is 0.418 e. The number of alkyl halides is 3. The molecule has 2 N–H and O–H groups in total. The second-order valence-electron chi connectivity index (χ2n) is 3.11. The van der Waals surface area contributed by atoms with Gasteiger partial charge >= 0.3 is 12.2 Å². The molecule has 0 unspecified atom stereocenters. The summed E-state index contributed by atoms with van der Waals surface area (Å²) in [5.41, 5.74) is -1.19. The second kappa shape index (κ2) is 5.53. The van der Waals surface area contributed by atoms with Crippen molar-refractivity contribution in [1.29, 1.82) is 0 Å². The predicted molar refractivity (Wildman–Crippen MR) is 55.5 cm³/mol. The van der Waals surface area contributed by atoms with Gasteiger partial charge in [0.15, 0.2) is 0 Å². The molecule has 0 aliphatic carbocycles. The van der Waals surface area contributed by atoms with Gasteiger partial charge in [-0.3, -0.25) is 0 Å². The van der Waals surface area contributed by atoms with Crippen molar-refractivity contribution in [3.8, 4) is 0 Å². The topological polar surface area (TPSA) is 50.4 Å². The van der Waals surface area contributed by atoms with Crippen molar-refractivity contribution in [3.05, 3.63) is 29.8 Å². The Morgan fingerprint density at radius 2 is 2.00 bits per heavy atom. The van der Waals surface area contributed by atoms with Crippen LogP contribution in [-0.2, 0) is 10.9 Å². The van der Waals surface area contributed by atoms with E-state index >= 15 is 0 Å². The number of amides is 2. The van der Waals surface area contributed by atoms with E-state index in [0.29, 0.717) is 0 Å². The number of halogens is 3. The van der Waals surface area contributed by atoms with Crippen molar-refractivity contribution in [3.63, 3.8) is 0 Å². The molecule has 7 heteroatoms. The van der Waals surface area contributed by atoms with Crippen LogP contribution in [-0.4, -0.2) is 19.9 Å². The van der Waals surface area contributed by atoms with Crippen LogP contribution >= 0.6 is 0 Å². The molecule has 4 nitrogen and oxygen atoms in total. The van der Waals surface area contributed by atoms with E-state index in [1.807, 2.05) is 0 Å². The number of urea groups is 1. The van der Waals surface area contributed by atoms with Crippen LogP contribution in [0.5, 0.6) is 0 Å². The van der Waals surface area contributed by atoms with Crippen molar-refractivity contribution in [2.24, 2.45) is 0 Å². The van der Waals surface area contributed by atoms with Crippen molar-refractivity contribution >= 4 is 11.7 Å². The van der Waals surface area contributed by atoms with E-state index in [0.717, 1.165) is 6.07 Å². The Balaban J connectivity index is 2.81. The lowest BCUT2D eigenvalue weighted by atomic mass is 10.1. The van der Waals surface area contributed by atoms with E-state index in [1.54, 1.807) is 0 Å². The minimum absolute atomic E-state index is 0.0833. The maximum atomic E-state index is 12.6. The number of hydrogen-bond donors (Lipinski definition) is 2. The lowest BCUT2D eigenvalue weighted by molar-refractivity contribution is -0.136. The number of methoxy groups -OCH3 is 1. The molecular formula is C10H11F3N2O2. The Bertz CT molecular complexity index is 393. The van der Waals surface area contributed by atoms with Gasteiger partial charge < -0.3 is 15.4 Å². The van der Waals surface area contributed by atoms with Crippen LogP contribution in [0.15, 0.2) is 24.3 Å². The molecule has 0 aliphatic heterocycles. The summed E-state index contributed by atoms with van der Waals surface area (Å²) >= 11 is 0. The molecule has 0 spiro atoms. The molecule has 1 aromatic rings. The normalized spacial score (nSPS) is 11.1. The van der Waals surface area contributed by atoms with Gasteiger partial charge in [-0.1, -0.05) is 12.1 Å². The summed E-state index contributed by atoms with van der Waals surface area (Å²) in [4.78, 5) is 11.2. The van der Waals surface area contributed by atoms with Crippen molar-refractivity contribution in [1.82, 2.24) is 5.32 Å². The Labute approximate surface area is 95.8 Å². The first kappa shape index (κ1) is 13.3. The number of anilines is 1. The average Bonchev–Trinajstić information content (AvgIpc) is 2.25. The quantitative estimate of drug-likeness (QED) is 0.807. The third-order valence-corrected chi connectivity index (χ3v) is 1.86. The zero-order chi connectivity index (χ0) is 12.9. The zero-order valence-electron chi connectivity index (χ0n) is 8.97. The van der Waals surface area contributed by atoms with Crippen molar-refractivity contribution in [2.45, 2.75) is 6.18 Å². The van der Waals surface area contributed by atoms with Crippen LogP contribution in [0.25, 0.3) is 0 Å². The van der Waals surface area contributed by atoms with E-state index < -0.39 is 17.8 Å². The maximum absolute atomic E-state index is 12.6. The lowest BCUT2D eigenvalue weighted by Gasteiger charge is -2.13. The van der Waals surface area contributed by atoms with Gasteiger partial charge in [0, 0.05) is 7.11 Å². The predicted octanol–water partition coefficient (Wildman–Crippen LogP) is 2.43. The molecule has 0 aliphatic rings. The average molecular weight is 248 g/mol. The largest absolute Gasteiger partial charge is 0.418 e. The first-order valence-corrected chi connectivity index (χ1v) is 4.65. The van der Waals surface area contributed by atoms with E-state index in [2.05, 4.69) is 15.4 Å². The molecule has 0 atom stereocenters. The van der Waals surface area contributed by atoms with E-state index in [9.17, 15) is 18.0 Å². The molecule has 17 heavy (non-hydrogen) atoms. The Morgan fingerprint density at radius 1 is 1.35 bits per heavy atom. The number of nitrogens with one attached hydrogen (secondary N) is 2. The highest BCUT2D eigenvalue weighted by Gasteiger charge is 2.33. The first-order valence-electron chi connectivity index (χ1n) is 4.65. The molecular weight excluding hydrogens is 237 g/mol. The molecule has 0 heterocycles. The number of ether oxygens (including phenoxy) is 1. The highest BCUT2D eigenvalue weighted by Crippen LogP contribution is 2.34.